The van der Waals surface area contributed by atoms with Crippen LogP contribution in [0, 0.1) is 0 Å². The minimum absolute atomic E-state index is 0.134. The molecule has 0 aliphatic carbocycles. The second-order valence-electron chi connectivity index (χ2n) is 7.84. The summed E-state index contributed by atoms with van der Waals surface area (Å²) in [7, 11) is 4.08. The first-order chi connectivity index (χ1) is 14.7. The van der Waals surface area contributed by atoms with Crippen molar-refractivity contribution in [3.8, 4) is 0 Å². The number of halogens is 3. The van der Waals surface area contributed by atoms with E-state index in [0.29, 0.717) is 6.04 Å². The molecule has 6 nitrogen and oxygen atoms in total. The van der Waals surface area contributed by atoms with Gasteiger partial charge in [-0.1, -0.05) is 30.3 Å². The third-order valence-corrected chi connectivity index (χ3v) is 5.20. The predicted molar refractivity (Wildman–Crippen MR) is 116 cm³/mol. The van der Waals surface area contributed by atoms with Gasteiger partial charge < -0.3 is 20.9 Å². The van der Waals surface area contributed by atoms with Crippen molar-refractivity contribution >= 4 is 12.2 Å². The van der Waals surface area contributed by atoms with Gasteiger partial charge in [0, 0.05) is 25.7 Å². The number of alkyl halides is 3. The first-order valence-corrected chi connectivity index (χ1v) is 10.6. The largest absolute Gasteiger partial charge is 0.446 e. The molecule has 0 spiro atoms. The number of aldehydes is 1. The number of nitrogens with two attached hydrogens (primary N) is 1. The van der Waals surface area contributed by atoms with Gasteiger partial charge in [-0.25, -0.2) is 0 Å². The number of carbonyl (C=O) groups is 2. The minimum Gasteiger partial charge on any atom is -0.337 e. The average molecular weight is 445 g/mol. The molecule has 0 unspecified atom stereocenters. The molecular weight excluding hydrogens is 409 g/mol. The Morgan fingerprint density at radius 3 is 2.58 bits per heavy atom. The van der Waals surface area contributed by atoms with Crippen LogP contribution in [0.15, 0.2) is 30.3 Å². The molecule has 1 saturated heterocycles. The predicted octanol–water partition coefficient (Wildman–Crippen LogP) is 2.23. The van der Waals surface area contributed by atoms with Gasteiger partial charge in [-0.3, -0.25) is 9.59 Å². The zero-order valence-corrected chi connectivity index (χ0v) is 18.4. The highest BCUT2D eigenvalue weighted by molar-refractivity contribution is 5.82. The van der Waals surface area contributed by atoms with E-state index in [0.717, 1.165) is 58.3 Å². The number of hydrogen-bond donors (Lipinski definition) is 2. The molecule has 1 aliphatic rings. The fraction of sp³-hybridized carbons (Fsp3) is 0.636. The first-order valence-electron chi connectivity index (χ1n) is 10.6. The fourth-order valence-electron chi connectivity index (χ4n) is 3.57. The molecular formula is C22H35F3N4O2. The highest BCUT2D eigenvalue weighted by Gasteiger charge is 2.32. The van der Waals surface area contributed by atoms with E-state index in [1.165, 1.54) is 5.56 Å². The number of hydrogen-bond acceptors (Lipinski definition) is 5. The van der Waals surface area contributed by atoms with Crippen LogP contribution in [0.3, 0.4) is 0 Å². The molecule has 1 heterocycles. The molecule has 0 bridgehead atoms. The summed E-state index contributed by atoms with van der Waals surface area (Å²) in [6, 6.07) is 10.5. The van der Waals surface area contributed by atoms with Gasteiger partial charge in [-0.05, 0) is 58.3 Å². The molecule has 3 N–H and O–H groups in total. The zero-order valence-electron chi connectivity index (χ0n) is 18.4. The highest BCUT2D eigenvalue weighted by Crippen LogP contribution is 2.20. The number of amides is 1. The average Bonchev–Trinajstić information content (AvgIpc) is 3.20. The molecule has 9 heteroatoms. The van der Waals surface area contributed by atoms with Crippen molar-refractivity contribution in [3.63, 3.8) is 0 Å². The third kappa shape index (κ3) is 11.3. The lowest BCUT2D eigenvalue weighted by molar-refractivity contribution is -0.156. The summed E-state index contributed by atoms with van der Waals surface area (Å²) in [5.74, 6) is 0.134. The summed E-state index contributed by atoms with van der Waals surface area (Å²) in [5, 5.41) is 3.11. The van der Waals surface area contributed by atoms with Crippen molar-refractivity contribution in [2.24, 2.45) is 5.73 Å². The topological polar surface area (TPSA) is 78.7 Å². The van der Waals surface area contributed by atoms with E-state index in [1.807, 2.05) is 11.9 Å². The molecule has 176 valence electrons. The van der Waals surface area contributed by atoms with Crippen LogP contribution in [0.25, 0.3) is 0 Å². The molecule has 0 aromatic heterocycles. The lowest BCUT2D eigenvalue weighted by Gasteiger charge is -2.30. The van der Waals surface area contributed by atoms with E-state index in [4.69, 9.17) is 10.5 Å². The molecule has 2 rings (SSSR count). The summed E-state index contributed by atoms with van der Waals surface area (Å²) in [6.07, 6.45) is -0.781. The fourth-order valence-corrected chi connectivity index (χ4v) is 3.57. The van der Waals surface area contributed by atoms with Crippen LogP contribution >= 0.6 is 0 Å². The van der Waals surface area contributed by atoms with Gasteiger partial charge in [-0.15, -0.1) is 0 Å². The normalized spacial score (nSPS) is 17.3. The van der Waals surface area contributed by atoms with Crippen LogP contribution in [0.1, 0.15) is 31.2 Å². The Hall–Kier alpha value is -1.97. The molecule has 1 aromatic rings. The van der Waals surface area contributed by atoms with Gasteiger partial charge in [0.1, 0.15) is 0 Å². The van der Waals surface area contributed by atoms with Gasteiger partial charge in [-0.2, -0.15) is 13.2 Å². The molecule has 0 radical (unpaired) electrons. The quantitative estimate of drug-likeness (QED) is 0.427. The van der Waals surface area contributed by atoms with Crippen molar-refractivity contribution in [3.05, 3.63) is 35.9 Å². The van der Waals surface area contributed by atoms with Crippen molar-refractivity contribution in [1.82, 2.24) is 15.1 Å². The zero-order chi connectivity index (χ0) is 23.3. The summed E-state index contributed by atoms with van der Waals surface area (Å²) in [6.45, 7) is 3.71. The molecule has 1 aliphatic heterocycles. The summed E-state index contributed by atoms with van der Waals surface area (Å²) < 4.78 is 31.2. The number of benzene rings is 1. The van der Waals surface area contributed by atoms with Gasteiger partial charge in [0.2, 0.25) is 12.2 Å². The molecule has 31 heavy (non-hydrogen) atoms. The smallest absolute Gasteiger partial charge is 0.337 e. The Bertz CT molecular complexity index is 643. The maximum absolute atomic E-state index is 12.7. The van der Waals surface area contributed by atoms with E-state index in [9.17, 15) is 18.0 Å². The van der Waals surface area contributed by atoms with E-state index in [1.54, 1.807) is 0 Å². The number of likely N-dealkylation sites (N-methyl/N-ethyl adjacent to an activating group) is 1. The van der Waals surface area contributed by atoms with Crippen LogP contribution in [0.2, 0.25) is 0 Å². The van der Waals surface area contributed by atoms with Crippen molar-refractivity contribution in [1.29, 1.82) is 0 Å². The van der Waals surface area contributed by atoms with Crippen LogP contribution in [0.4, 0.5) is 13.2 Å². The first kappa shape index (κ1) is 27.1. The lowest BCUT2D eigenvalue weighted by Crippen LogP contribution is -2.49. The minimum atomic E-state index is -4.64. The maximum Gasteiger partial charge on any atom is 0.446 e. The number of nitrogens with one attached hydrogen (secondary N) is 1. The van der Waals surface area contributed by atoms with Gasteiger partial charge in [0.05, 0.1) is 6.04 Å². The maximum atomic E-state index is 12.7. The molecule has 0 saturated carbocycles. The Morgan fingerprint density at radius 1 is 1.35 bits per heavy atom. The number of nitrogens with zero attached hydrogens (tertiary/aromatic N) is 2. The second-order valence-corrected chi connectivity index (χ2v) is 7.84. The van der Waals surface area contributed by atoms with Crippen LogP contribution in [0.5, 0.6) is 0 Å². The van der Waals surface area contributed by atoms with Gasteiger partial charge in [0.25, 0.3) is 0 Å². The number of carbonyl (C=O) groups excluding carboxylic acids is 2. The third-order valence-electron chi connectivity index (χ3n) is 5.20. The molecule has 1 aromatic carbocycles. The van der Waals surface area contributed by atoms with Crippen molar-refractivity contribution in [2.75, 3.05) is 40.3 Å². The van der Waals surface area contributed by atoms with E-state index < -0.39 is 12.5 Å². The van der Waals surface area contributed by atoms with Gasteiger partial charge in [0.15, 0.2) is 0 Å². The van der Waals surface area contributed by atoms with Crippen LogP contribution in [-0.2, 0) is 16.0 Å². The summed E-state index contributed by atoms with van der Waals surface area (Å²) in [5.41, 5.74) is 7.49. The Labute approximate surface area is 182 Å². The monoisotopic (exact) mass is 444 g/mol. The van der Waals surface area contributed by atoms with Crippen molar-refractivity contribution < 1.29 is 22.8 Å². The van der Waals surface area contributed by atoms with Gasteiger partial charge >= 0.3 is 6.18 Å². The Morgan fingerprint density at radius 2 is 2.00 bits per heavy atom. The number of likely N-dealkylation sites (tertiary alicyclic amines) is 1. The SMILES string of the molecule is CNCCC[C@H](N)C(=O)N1CCC[C@H]1CN(C)CCc1ccccc1.O=CC(F)(F)F. The van der Waals surface area contributed by atoms with Crippen molar-refractivity contribution in [2.45, 2.75) is 50.4 Å². The second kappa shape index (κ2) is 14.2. The van der Waals surface area contributed by atoms with E-state index in [2.05, 4.69) is 47.6 Å². The van der Waals surface area contributed by atoms with Crippen LogP contribution in [-0.4, -0.2) is 80.5 Å². The summed E-state index contributed by atoms with van der Waals surface area (Å²) >= 11 is 0. The Balaban J connectivity index is 0.000000703. The standard InChI is InChI=1S/C20H34N4O.C2HF3O/c1-22-13-6-11-19(21)20(25)24-14-7-10-18(24)16-23(2)15-12-17-8-4-3-5-9-17;3-2(4,5)1-6/h3-5,8-9,18-19,22H,6-7,10-16,21H2,1-2H3;1H/t18-,19-;/m0./s1. The Kier molecular flexibility index (Phi) is 12.4. The van der Waals surface area contributed by atoms with E-state index >= 15 is 0 Å². The lowest BCUT2D eigenvalue weighted by atomic mass is 10.1. The molecule has 2 atom stereocenters. The number of rotatable bonds is 10. The summed E-state index contributed by atoms with van der Waals surface area (Å²) in [4.78, 5) is 25.7. The molecule has 1 amide bonds. The van der Waals surface area contributed by atoms with Crippen LogP contribution < -0.4 is 11.1 Å². The highest BCUT2D eigenvalue weighted by atomic mass is 19.4. The molecule has 1 fully saturated rings. The van der Waals surface area contributed by atoms with E-state index in [-0.39, 0.29) is 11.9 Å².